The summed E-state index contributed by atoms with van der Waals surface area (Å²) in [7, 11) is 0. The average Bonchev–Trinajstić information content (AvgIpc) is 2.75. The van der Waals surface area contributed by atoms with Crippen molar-refractivity contribution in [1.82, 2.24) is 25.2 Å². The molecule has 0 aromatic carbocycles. The van der Waals surface area contributed by atoms with E-state index in [0.717, 1.165) is 56.8 Å². The average molecular weight is 383 g/mol. The Morgan fingerprint density at radius 3 is 2.93 bits per heavy atom. The van der Waals surface area contributed by atoms with E-state index in [1.54, 1.807) is 12.4 Å². The van der Waals surface area contributed by atoms with Gasteiger partial charge in [-0.1, -0.05) is 6.42 Å². The minimum absolute atomic E-state index is 0.0325. The minimum atomic E-state index is 0.0325. The summed E-state index contributed by atoms with van der Waals surface area (Å²) in [4.78, 5) is 30.5. The third-order valence-corrected chi connectivity index (χ3v) is 6.11. The Kier molecular flexibility index (Phi) is 6.00. The van der Waals surface area contributed by atoms with Crippen molar-refractivity contribution in [1.29, 1.82) is 0 Å². The predicted molar refractivity (Wildman–Crippen MR) is 110 cm³/mol. The van der Waals surface area contributed by atoms with Crippen LogP contribution < -0.4 is 10.2 Å². The number of anilines is 1. The first-order valence-corrected chi connectivity index (χ1v) is 10.5. The van der Waals surface area contributed by atoms with Crippen LogP contribution in [0.25, 0.3) is 11.2 Å². The van der Waals surface area contributed by atoms with E-state index >= 15 is 0 Å². The monoisotopic (exact) mass is 382 g/mol. The quantitative estimate of drug-likeness (QED) is 0.855. The van der Waals surface area contributed by atoms with Gasteiger partial charge in [-0.15, -0.1) is 0 Å². The maximum absolute atomic E-state index is 12.7. The van der Waals surface area contributed by atoms with E-state index in [1.807, 2.05) is 12.3 Å². The molecular formula is C21H30N6O. The molecule has 2 aromatic heterocycles. The number of nitrogens with one attached hydrogen (secondary N) is 1. The molecule has 28 heavy (non-hydrogen) atoms. The number of rotatable bonds is 5. The molecular weight excluding hydrogens is 352 g/mol. The van der Waals surface area contributed by atoms with Gasteiger partial charge in [0, 0.05) is 44.6 Å². The Morgan fingerprint density at radius 2 is 2.04 bits per heavy atom. The highest BCUT2D eigenvalue weighted by Crippen LogP contribution is 2.24. The highest BCUT2D eigenvalue weighted by Gasteiger charge is 2.26. The molecule has 4 heterocycles. The van der Waals surface area contributed by atoms with Crippen molar-refractivity contribution in [2.45, 2.75) is 45.1 Å². The number of fused-ring (bicyclic) bond motifs is 1. The van der Waals surface area contributed by atoms with Crippen LogP contribution in [0.2, 0.25) is 0 Å². The summed E-state index contributed by atoms with van der Waals surface area (Å²) >= 11 is 0. The highest BCUT2D eigenvalue weighted by molar-refractivity contribution is 5.80. The van der Waals surface area contributed by atoms with Crippen LogP contribution in [-0.2, 0) is 4.79 Å². The van der Waals surface area contributed by atoms with Crippen molar-refractivity contribution in [2.75, 3.05) is 37.6 Å². The molecule has 0 unspecified atom stereocenters. The lowest BCUT2D eigenvalue weighted by atomic mass is 9.96. The van der Waals surface area contributed by atoms with Gasteiger partial charge in [0.05, 0.1) is 17.8 Å². The lowest BCUT2D eigenvalue weighted by Crippen LogP contribution is -2.46. The molecule has 0 aliphatic carbocycles. The molecule has 1 amide bonds. The smallest absolute Gasteiger partial charge is 0.224 e. The number of hydrogen-bond donors (Lipinski definition) is 1. The third-order valence-electron chi connectivity index (χ3n) is 6.11. The van der Waals surface area contributed by atoms with Gasteiger partial charge in [0.1, 0.15) is 5.52 Å². The highest BCUT2D eigenvalue weighted by atomic mass is 16.1. The van der Waals surface area contributed by atoms with Gasteiger partial charge in [-0.2, -0.15) is 0 Å². The van der Waals surface area contributed by atoms with Crippen molar-refractivity contribution < 1.29 is 4.79 Å². The van der Waals surface area contributed by atoms with E-state index in [2.05, 4.69) is 37.0 Å². The summed E-state index contributed by atoms with van der Waals surface area (Å²) < 4.78 is 0. The van der Waals surface area contributed by atoms with Crippen molar-refractivity contribution in [3.05, 3.63) is 24.7 Å². The van der Waals surface area contributed by atoms with E-state index in [0.29, 0.717) is 11.7 Å². The van der Waals surface area contributed by atoms with Gasteiger partial charge in [0.2, 0.25) is 5.91 Å². The zero-order valence-corrected chi connectivity index (χ0v) is 16.7. The van der Waals surface area contributed by atoms with Crippen molar-refractivity contribution in [3.63, 3.8) is 0 Å². The van der Waals surface area contributed by atoms with Crippen LogP contribution in [0.15, 0.2) is 24.7 Å². The fourth-order valence-corrected chi connectivity index (χ4v) is 4.40. The number of likely N-dealkylation sites (tertiary alicyclic amines) is 1. The van der Waals surface area contributed by atoms with Crippen LogP contribution >= 0.6 is 0 Å². The molecule has 7 heteroatoms. The van der Waals surface area contributed by atoms with Gasteiger partial charge in [-0.25, -0.2) is 9.97 Å². The molecule has 0 bridgehead atoms. The second-order valence-electron chi connectivity index (χ2n) is 8.05. The standard InChI is InChI=1S/C21H30N6O/c1-16-5-2-3-10-26(16)12-9-24-21(28)17-6-4-11-27(15-17)18-13-19-20(25-14-18)23-8-7-22-19/h7-8,13-14,16-17H,2-6,9-12,15H2,1H3,(H,24,28)/t16-,17-/m0/s1. The molecule has 0 spiro atoms. The molecule has 2 aliphatic rings. The molecule has 0 radical (unpaired) electrons. The number of aromatic nitrogens is 3. The first-order valence-electron chi connectivity index (χ1n) is 10.5. The number of amides is 1. The number of piperidine rings is 2. The zero-order valence-electron chi connectivity index (χ0n) is 16.7. The second kappa shape index (κ2) is 8.82. The van der Waals surface area contributed by atoms with Crippen LogP contribution in [0.5, 0.6) is 0 Å². The molecule has 1 N–H and O–H groups in total. The van der Waals surface area contributed by atoms with Gasteiger partial charge in [-0.05, 0) is 45.2 Å². The Balaban J connectivity index is 1.31. The second-order valence-corrected chi connectivity index (χ2v) is 8.05. The molecule has 7 nitrogen and oxygen atoms in total. The first-order chi connectivity index (χ1) is 13.7. The fourth-order valence-electron chi connectivity index (χ4n) is 4.40. The Morgan fingerprint density at radius 1 is 1.14 bits per heavy atom. The van der Waals surface area contributed by atoms with Crippen LogP contribution in [0.3, 0.4) is 0 Å². The van der Waals surface area contributed by atoms with Gasteiger partial charge < -0.3 is 10.2 Å². The van der Waals surface area contributed by atoms with Gasteiger partial charge in [0.25, 0.3) is 0 Å². The summed E-state index contributed by atoms with van der Waals surface area (Å²) in [5.41, 5.74) is 2.47. The third kappa shape index (κ3) is 4.41. The number of carbonyl (C=O) groups excluding carboxylic acids is 1. The topological polar surface area (TPSA) is 74.2 Å². The van der Waals surface area contributed by atoms with Gasteiger partial charge >= 0.3 is 0 Å². The number of hydrogen-bond acceptors (Lipinski definition) is 6. The minimum Gasteiger partial charge on any atom is -0.369 e. The molecule has 0 saturated carbocycles. The van der Waals surface area contributed by atoms with Crippen LogP contribution in [0.4, 0.5) is 5.69 Å². The molecule has 4 rings (SSSR count). The van der Waals surface area contributed by atoms with Crippen LogP contribution in [0.1, 0.15) is 39.0 Å². The maximum atomic E-state index is 12.7. The number of pyridine rings is 1. The molecule has 2 aromatic rings. The first kappa shape index (κ1) is 19.1. The van der Waals surface area contributed by atoms with E-state index in [4.69, 9.17) is 0 Å². The fraction of sp³-hybridized carbons (Fsp3) is 0.619. The lowest BCUT2D eigenvalue weighted by Gasteiger charge is -2.35. The maximum Gasteiger partial charge on any atom is 0.224 e. The predicted octanol–water partition coefficient (Wildman–Crippen LogP) is 2.23. The molecule has 2 fully saturated rings. The van der Waals surface area contributed by atoms with Crippen LogP contribution in [0, 0.1) is 5.92 Å². The van der Waals surface area contributed by atoms with E-state index in [-0.39, 0.29) is 11.8 Å². The number of carbonyl (C=O) groups is 1. The summed E-state index contributed by atoms with van der Waals surface area (Å²) in [5, 5.41) is 3.18. The largest absolute Gasteiger partial charge is 0.369 e. The zero-order chi connectivity index (χ0) is 19.3. The normalized spacial score (nSPS) is 23.7. The molecule has 2 aliphatic heterocycles. The summed E-state index contributed by atoms with van der Waals surface area (Å²) in [5.74, 6) is 0.216. The van der Waals surface area contributed by atoms with E-state index < -0.39 is 0 Å². The SMILES string of the molecule is C[C@H]1CCCCN1CCNC(=O)[C@H]1CCCN(c2cnc3nccnc3c2)C1. The van der Waals surface area contributed by atoms with E-state index in [9.17, 15) is 4.79 Å². The van der Waals surface area contributed by atoms with Gasteiger partial charge in [0.15, 0.2) is 5.65 Å². The van der Waals surface area contributed by atoms with Crippen molar-refractivity contribution in [2.24, 2.45) is 5.92 Å². The lowest BCUT2D eigenvalue weighted by molar-refractivity contribution is -0.125. The molecule has 2 saturated heterocycles. The molecule has 150 valence electrons. The molecule has 2 atom stereocenters. The Bertz CT molecular complexity index is 812. The van der Waals surface area contributed by atoms with Crippen LogP contribution in [-0.4, -0.2) is 64.5 Å². The van der Waals surface area contributed by atoms with Crippen molar-refractivity contribution >= 4 is 22.8 Å². The number of nitrogens with zero attached hydrogens (tertiary/aromatic N) is 5. The van der Waals surface area contributed by atoms with E-state index in [1.165, 1.54) is 19.3 Å². The van der Waals surface area contributed by atoms with Crippen molar-refractivity contribution in [3.8, 4) is 0 Å². The Labute approximate surface area is 166 Å². The summed E-state index contributed by atoms with van der Waals surface area (Å²) in [6.07, 6.45) is 11.0. The summed E-state index contributed by atoms with van der Waals surface area (Å²) in [6.45, 7) is 6.83. The Hall–Kier alpha value is -2.28. The van der Waals surface area contributed by atoms with Gasteiger partial charge in [-0.3, -0.25) is 14.7 Å². The summed E-state index contributed by atoms with van der Waals surface area (Å²) in [6, 6.07) is 2.66.